The van der Waals surface area contributed by atoms with Crippen LogP contribution in [0.3, 0.4) is 0 Å². The molecule has 1 fully saturated rings. The van der Waals surface area contributed by atoms with Crippen LogP contribution in [0.2, 0.25) is 0 Å². The van der Waals surface area contributed by atoms with E-state index >= 15 is 0 Å². The number of amides is 1. The molecule has 1 amide bonds. The van der Waals surface area contributed by atoms with Crippen molar-refractivity contribution in [2.24, 2.45) is 22.9 Å². The number of benzene rings is 4. The van der Waals surface area contributed by atoms with Gasteiger partial charge in [-0.1, -0.05) is 79.5 Å². The molecule has 4 aromatic carbocycles. The van der Waals surface area contributed by atoms with Gasteiger partial charge in [0.2, 0.25) is 11.7 Å². The fraction of sp³-hybridized carbons (Fsp3) is 0.434. The molecule has 2 N–H and O–H groups in total. The Morgan fingerprint density at radius 1 is 0.922 bits per heavy atom. The van der Waals surface area contributed by atoms with Crippen LogP contribution in [-0.2, 0) is 27.4 Å². The molecule has 0 spiro atoms. The lowest BCUT2D eigenvalue weighted by molar-refractivity contribution is -0.257. The highest BCUT2D eigenvalue weighted by Gasteiger charge is 2.65. The third-order valence-corrected chi connectivity index (χ3v) is 13.6. The Balaban J connectivity index is 1.42. The number of carbonyl (C=O) groups is 1. The van der Waals surface area contributed by atoms with E-state index in [0.717, 1.165) is 64.3 Å². The van der Waals surface area contributed by atoms with Gasteiger partial charge in [-0.15, -0.1) is 18.3 Å². The highest BCUT2D eigenvalue weighted by Crippen LogP contribution is 2.62. The maximum absolute atomic E-state index is 15.0. The van der Waals surface area contributed by atoms with E-state index in [-0.39, 0.29) is 56.5 Å². The number of unbranched alkanes of at least 4 members (excludes halogenated alkanes) is 2. The van der Waals surface area contributed by atoms with Gasteiger partial charge < -0.3 is 38.9 Å². The number of carbonyl (C=O) groups excluding carboxylic acids is 1. The number of nitrogens with zero attached hydrogens (tertiary/aromatic N) is 2. The summed E-state index contributed by atoms with van der Waals surface area (Å²) in [5, 5.41) is 25.0. The van der Waals surface area contributed by atoms with E-state index in [4.69, 9.17) is 28.9 Å². The summed E-state index contributed by atoms with van der Waals surface area (Å²) in [5.74, 6) is 0.973. The Hall–Kier alpha value is -5.07. The minimum absolute atomic E-state index is 0.0574. The molecule has 1 heterocycles. The summed E-state index contributed by atoms with van der Waals surface area (Å²) < 4.78 is 26.7. The van der Waals surface area contributed by atoms with Gasteiger partial charge in [-0.25, -0.2) is 0 Å². The molecule has 64 heavy (non-hydrogen) atoms. The molecule has 3 aliphatic rings. The van der Waals surface area contributed by atoms with Crippen LogP contribution in [0.5, 0.6) is 23.0 Å². The molecule has 0 radical (unpaired) electrons. The molecule has 7 rings (SSSR count). The molecular weight excluding hydrogens is 825 g/mol. The second-order valence-corrected chi connectivity index (χ2v) is 17.8. The molecule has 1 saturated carbocycles. The van der Waals surface area contributed by atoms with Gasteiger partial charge in [0.1, 0.15) is 35.6 Å². The zero-order valence-electron chi connectivity index (χ0n) is 37.5. The predicted octanol–water partition coefficient (Wildman–Crippen LogP) is 10.5. The lowest BCUT2D eigenvalue weighted by atomic mass is 9.55. The Kier molecular flexibility index (Phi) is 16.6. The fourth-order valence-electron chi connectivity index (χ4n) is 10.0. The Labute approximate surface area is 383 Å². The second-order valence-electron chi connectivity index (χ2n) is 16.9. The van der Waals surface area contributed by atoms with Crippen LogP contribution in [0.1, 0.15) is 80.9 Å². The Morgan fingerprint density at radius 2 is 1.67 bits per heavy atom. The summed E-state index contributed by atoms with van der Waals surface area (Å²) >= 11 is 1.68. The number of rotatable bonds is 23. The number of ether oxygens (including phenoxy) is 4. The number of hydrogen-bond acceptors (Lipinski definition) is 10. The molecule has 340 valence electrons. The van der Waals surface area contributed by atoms with E-state index in [9.17, 15) is 15.0 Å². The molecule has 6 unspecified atom stereocenters. The summed E-state index contributed by atoms with van der Waals surface area (Å²) in [6.45, 7) is 7.32. The van der Waals surface area contributed by atoms with Crippen LogP contribution in [0, 0.1) is 17.8 Å². The highest BCUT2D eigenvalue weighted by molar-refractivity contribution is 7.98. The average molecular weight is 889 g/mol. The van der Waals surface area contributed by atoms with Crippen LogP contribution in [0.4, 0.5) is 0 Å². The van der Waals surface area contributed by atoms with Gasteiger partial charge in [0.25, 0.3) is 0 Å². The summed E-state index contributed by atoms with van der Waals surface area (Å²) in [7, 11) is 1.63. The van der Waals surface area contributed by atoms with E-state index in [0.29, 0.717) is 49.5 Å². The normalized spacial score (nSPS) is 22.7. The maximum atomic E-state index is 15.0. The van der Waals surface area contributed by atoms with Crippen molar-refractivity contribution in [3.8, 4) is 23.0 Å². The van der Waals surface area contributed by atoms with Gasteiger partial charge >= 0.3 is 0 Å². The van der Waals surface area contributed by atoms with Crippen LogP contribution in [0.25, 0.3) is 0 Å². The number of thioether (sulfide) groups is 1. The number of methoxy groups -OCH3 is 1. The first-order valence-electron chi connectivity index (χ1n) is 22.8. The first kappa shape index (κ1) is 46.9. The maximum Gasteiger partial charge on any atom is 0.239 e. The van der Waals surface area contributed by atoms with Gasteiger partial charge in [-0.05, 0) is 121 Å². The molecule has 10 nitrogen and oxygen atoms in total. The number of fused-ring (bicyclic) bond motifs is 2. The van der Waals surface area contributed by atoms with E-state index in [1.807, 2.05) is 83.8 Å². The summed E-state index contributed by atoms with van der Waals surface area (Å²) in [4.78, 5) is 24.4. The third-order valence-electron chi connectivity index (χ3n) is 12.8. The Bertz CT molecular complexity index is 2210. The zero-order chi connectivity index (χ0) is 44.9. The van der Waals surface area contributed by atoms with Gasteiger partial charge in [-0.3, -0.25) is 4.79 Å². The highest BCUT2D eigenvalue weighted by atomic mass is 32.2. The first-order valence-corrected chi connectivity index (χ1v) is 24.1. The lowest BCUT2D eigenvalue weighted by Gasteiger charge is -2.60. The number of aliphatic hydroxyl groups is 2. The van der Waals surface area contributed by atoms with Gasteiger partial charge in [0.05, 0.1) is 31.8 Å². The topological polar surface area (TPSA) is 119 Å². The number of aliphatic hydroxyl groups excluding tert-OH is 2. The van der Waals surface area contributed by atoms with Crippen molar-refractivity contribution in [1.29, 1.82) is 0 Å². The van der Waals surface area contributed by atoms with Gasteiger partial charge in [0.15, 0.2) is 0 Å². The largest absolute Gasteiger partial charge is 0.497 e. The van der Waals surface area contributed by atoms with Gasteiger partial charge in [-0.2, -0.15) is 0 Å². The average Bonchev–Trinajstić information content (AvgIpc) is 3.32. The van der Waals surface area contributed by atoms with Crippen molar-refractivity contribution in [3.05, 3.63) is 138 Å². The number of allylic oxidation sites excluding steroid dienone is 1. The SMILES string of the molecule is C=CCOC12Oc3ccc(Oc4ccc(SC)cc4)cc3C3C(CCCCO)C(CCCCO)C=C(C(=NOCc4ccccc4)CC1N(CCC)C(=O)Cc1cccc(OC)c1)C32. The molecule has 6 atom stereocenters. The van der Waals surface area contributed by atoms with Crippen molar-refractivity contribution in [2.45, 2.75) is 94.0 Å². The number of oxime groups is 1. The summed E-state index contributed by atoms with van der Waals surface area (Å²) in [6.07, 6.45) is 12.1. The molecule has 11 heteroatoms. The number of hydrogen-bond donors (Lipinski definition) is 2. The summed E-state index contributed by atoms with van der Waals surface area (Å²) in [5.41, 5.74) is 4.60. The molecule has 0 bridgehead atoms. The van der Waals surface area contributed by atoms with Crippen LogP contribution in [0.15, 0.2) is 131 Å². The molecule has 4 aromatic rings. The lowest BCUT2D eigenvalue weighted by Crippen LogP contribution is -2.70. The summed E-state index contributed by atoms with van der Waals surface area (Å²) in [6, 6.07) is 31.2. The molecular formula is C53H64N2O8S. The van der Waals surface area contributed by atoms with E-state index < -0.39 is 17.7 Å². The predicted molar refractivity (Wildman–Crippen MR) is 253 cm³/mol. The van der Waals surface area contributed by atoms with Crippen LogP contribution >= 0.6 is 11.8 Å². The van der Waals surface area contributed by atoms with Crippen molar-refractivity contribution >= 4 is 23.4 Å². The minimum Gasteiger partial charge on any atom is -0.497 e. The van der Waals surface area contributed by atoms with E-state index in [1.165, 1.54) is 0 Å². The van der Waals surface area contributed by atoms with Gasteiger partial charge in [0, 0.05) is 42.6 Å². The quantitative estimate of drug-likeness (QED) is 0.0325. The van der Waals surface area contributed by atoms with Crippen LogP contribution in [-0.4, -0.2) is 78.3 Å². The molecule has 2 aliphatic carbocycles. The van der Waals surface area contributed by atoms with E-state index in [1.54, 1.807) is 24.9 Å². The van der Waals surface area contributed by atoms with Crippen LogP contribution < -0.4 is 14.2 Å². The molecule has 0 aromatic heterocycles. The van der Waals surface area contributed by atoms with Crippen molar-refractivity contribution in [3.63, 3.8) is 0 Å². The minimum atomic E-state index is -1.35. The third kappa shape index (κ3) is 10.7. The first-order chi connectivity index (χ1) is 31.4. The molecule has 0 saturated heterocycles. The fourth-order valence-corrected chi connectivity index (χ4v) is 10.4. The molecule has 1 aliphatic heterocycles. The van der Waals surface area contributed by atoms with E-state index in [2.05, 4.69) is 44.0 Å². The standard InChI is InChI=1S/C53H64N2O8S/c1-5-27-55(50(58)32-38-17-14-19-41(31-38)59-3)49-35-47(54-61-36-37-15-8-7-9-16-37)45-33-39(18-10-12-28-56)44(20-11-13-29-57)51-46-34-42(62-40-21-24-43(64-4)25-22-40)23-26-48(46)63-53(49,52(45)51)60-30-6-2/h6-9,14-17,19,21-26,31,33-34,39,44,49,51-52,56-57H,2,5,10-13,18,20,27-30,32,35-36H2,1,3-4H3. The zero-order valence-corrected chi connectivity index (χ0v) is 38.3. The Morgan fingerprint density at radius 3 is 2.39 bits per heavy atom. The van der Waals surface area contributed by atoms with Crippen molar-refractivity contribution < 1.29 is 38.8 Å². The monoisotopic (exact) mass is 888 g/mol. The second kappa shape index (κ2) is 22.7. The van der Waals surface area contributed by atoms with Crippen molar-refractivity contribution in [2.75, 3.05) is 39.7 Å². The van der Waals surface area contributed by atoms with Crippen molar-refractivity contribution in [1.82, 2.24) is 4.90 Å². The smallest absolute Gasteiger partial charge is 0.239 e.